The zero-order valence-electron chi connectivity index (χ0n) is 15.1. The van der Waals surface area contributed by atoms with Gasteiger partial charge in [-0.3, -0.25) is 0 Å². The molecule has 0 spiro atoms. The lowest BCUT2D eigenvalue weighted by Crippen LogP contribution is -2.45. The molecule has 0 bridgehead atoms. The number of hydrogen-bond acceptors (Lipinski definition) is 1. The van der Waals surface area contributed by atoms with Gasteiger partial charge in [0.05, 0.1) is 0 Å². The topological polar surface area (TPSA) is 3.24 Å². The molecule has 2 rings (SSSR count). The first-order valence-electron chi connectivity index (χ1n) is 8.37. The van der Waals surface area contributed by atoms with E-state index in [9.17, 15) is 0 Å². The van der Waals surface area contributed by atoms with E-state index >= 15 is 0 Å². The first-order valence-corrected chi connectivity index (χ1v) is 8.37. The van der Waals surface area contributed by atoms with Crippen LogP contribution >= 0.6 is 0 Å². The van der Waals surface area contributed by atoms with Crippen LogP contribution in [0.4, 0.5) is 0 Å². The Bertz CT molecular complexity index is 453. The van der Waals surface area contributed by atoms with Gasteiger partial charge in [0.25, 0.3) is 0 Å². The van der Waals surface area contributed by atoms with Crippen molar-refractivity contribution in [2.45, 2.75) is 65.8 Å². The molecule has 1 unspecified atom stereocenters. The van der Waals surface area contributed by atoms with E-state index in [1.807, 2.05) is 27.7 Å². The number of fused-ring (bicyclic) bond motifs is 1. The van der Waals surface area contributed by atoms with Crippen LogP contribution in [0.15, 0.2) is 18.2 Å². The Labute approximate surface area is 132 Å². The summed E-state index contributed by atoms with van der Waals surface area (Å²) in [6, 6.07) is 6.47. The number of likely N-dealkylation sites (N-methyl/N-ethyl adjacent to an activating group) is 1. The van der Waals surface area contributed by atoms with Crippen molar-refractivity contribution in [1.82, 2.24) is 4.90 Å². The Kier molecular flexibility index (Phi) is 9.06. The fourth-order valence-corrected chi connectivity index (χ4v) is 3.01. The van der Waals surface area contributed by atoms with E-state index in [1.165, 1.54) is 24.0 Å². The Balaban J connectivity index is 0.000000921. The van der Waals surface area contributed by atoms with Gasteiger partial charge in [-0.25, -0.2) is 0 Å². The maximum atomic E-state index is 5.47. The summed E-state index contributed by atoms with van der Waals surface area (Å²) in [6.07, 6.45) is 10.2. The van der Waals surface area contributed by atoms with Crippen LogP contribution in [0.1, 0.15) is 64.2 Å². The summed E-state index contributed by atoms with van der Waals surface area (Å²) < 4.78 is 0. The molecule has 0 saturated heterocycles. The number of rotatable bonds is 3. The zero-order valence-corrected chi connectivity index (χ0v) is 15.1. The van der Waals surface area contributed by atoms with Crippen LogP contribution in [0.3, 0.4) is 0 Å². The summed E-state index contributed by atoms with van der Waals surface area (Å²) in [5.41, 5.74) is 4.24. The molecule has 1 aromatic rings. The van der Waals surface area contributed by atoms with Gasteiger partial charge in [0, 0.05) is 11.1 Å². The molecule has 118 valence electrons. The minimum Gasteiger partial charge on any atom is -0.303 e. The molecule has 0 aliphatic heterocycles. The second kappa shape index (κ2) is 9.64. The lowest BCUT2D eigenvalue weighted by atomic mass is 9.89. The maximum absolute atomic E-state index is 5.47. The largest absolute Gasteiger partial charge is 0.303 e. The van der Waals surface area contributed by atoms with E-state index in [-0.39, 0.29) is 0 Å². The molecule has 1 nitrogen and oxygen atoms in total. The van der Waals surface area contributed by atoms with Crippen molar-refractivity contribution in [2.75, 3.05) is 14.1 Å². The molecule has 0 saturated carbocycles. The molecule has 0 heterocycles. The van der Waals surface area contributed by atoms with Crippen molar-refractivity contribution >= 4 is 0 Å². The standard InChI is InChI=1S/C16H21N.2C2H6/c1-5-9-16(17(3)4)11-14-8-7-13(6-2)10-15(14)12-16;2*1-2/h2,7-8,10H,5,9,11-12H2,1,3-4H3;2*1-2H3. The van der Waals surface area contributed by atoms with Gasteiger partial charge in [-0.1, -0.05) is 53.0 Å². The summed E-state index contributed by atoms with van der Waals surface area (Å²) in [6.45, 7) is 10.3. The predicted molar refractivity (Wildman–Crippen MR) is 95.8 cm³/mol. The third-order valence-corrected chi connectivity index (χ3v) is 4.08. The maximum Gasteiger partial charge on any atom is 0.0284 e. The van der Waals surface area contributed by atoms with Gasteiger partial charge in [-0.2, -0.15) is 0 Å². The summed E-state index contributed by atoms with van der Waals surface area (Å²) in [7, 11) is 4.40. The number of terminal acetylenes is 1. The highest BCUT2D eigenvalue weighted by Crippen LogP contribution is 2.37. The monoisotopic (exact) mass is 287 g/mol. The molecular formula is C20H33N. The van der Waals surface area contributed by atoms with Crippen LogP contribution < -0.4 is 0 Å². The quantitative estimate of drug-likeness (QED) is 0.713. The molecule has 0 fully saturated rings. The van der Waals surface area contributed by atoms with E-state index in [4.69, 9.17) is 6.42 Å². The number of nitrogens with zero attached hydrogens (tertiary/aromatic N) is 1. The van der Waals surface area contributed by atoms with Crippen molar-refractivity contribution in [3.8, 4) is 12.3 Å². The second-order valence-electron chi connectivity index (χ2n) is 5.35. The van der Waals surface area contributed by atoms with Crippen LogP contribution in [0.5, 0.6) is 0 Å². The fourth-order valence-electron chi connectivity index (χ4n) is 3.01. The molecule has 0 amide bonds. The van der Waals surface area contributed by atoms with Crippen LogP contribution in [0.2, 0.25) is 0 Å². The third-order valence-electron chi connectivity index (χ3n) is 4.08. The van der Waals surface area contributed by atoms with Gasteiger partial charge in [0.1, 0.15) is 0 Å². The molecule has 1 aliphatic rings. The van der Waals surface area contributed by atoms with Gasteiger partial charge in [0.15, 0.2) is 0 Å². The second-order valence-corrected chi connectivity index (χ2v) is 5.35. The molecule has 0 radical (unpaired) electrons. The first-order chi connectivity index (χ1) is 10.1. The average molecular weight is 287 g/mol. The Morgan fingerprint density at radius 2 is 1.67 bits per heavy atom. The van der Waals surface area contributed by atoms with Gasteiger partial charge in [0.2, 0.25) is 0 Å². The first kappa shape index (κ1) is 19.7. The number of benzene rings is 1. The summed E-state index contributed by atoms with van der Waals surface area (Å²) in [4.78, 5) is 2.39. The van der Waals surface area contributed by atoms with E-state index in [0.717, 1.165) is 18.4 Å². The van der Waals surface area contributed by atoms with Crippen molar-refractivity contribution in [2.24, 2.45) is 0 Å². The molecule has 0 N–H and O–H groups in total. The van der Waals surface area contributed by atoms with Gasteiger partial charge >= 0.3 is 0 Å². The summed E-state index contributed by atoms with van der Waals surface area (Å²) in [5, 5.41) is 0. The highest BCUT2D eigenvalue weighted by molar-refractivity contribution is 5.44. The van der Waals surface area contributed by atoms with Crippen LogP contribution in [-0.2, 0) is 12.8 Å². The SMILES string of the molecule is C#Cc1ccc2c(c1)CC(CCC)(N(C)C)C2.CC.CC. The highest BCUT2D eigenvalue weighted by Gasteiger charge is 2.38. The van der Waals surface area contributed by atoms with Crippen LogP contribution in [0.25, 0.3) is 0 Å². The molecule has 0 aromatic heterocycles. The fraction of sp³-hybridized carbons (Fsp3) is 0.600. The zero-order chi connectivity index (χ0) is 16.5. The Morgan fingerprint density at radius 3 is 2.14 bits per heavy atom. The van der Waals surface area contributed by atoms with E-state index in [0.29, 0.717) is 5.54 Å². The van der Waals surface area contributed by atoms with Crippen LogP contribution in [-0.4, -0.2) is 24.5 Å². The highest BCUT2D eigenvalue weighted by atomic mass is 15.1. The van der Waals surface area contributed by atoms with Crippen LogP contribution in [0, 0.1) is 12.3 Å². The van der Waals surface area contributed by atoms with E-state index in [2.05, 4.69) is 50.0 Å². The lowest BCUT2D eigenvalue weighted by molar-refractivity contribution is 0.148. The van der Waals surface area contributed by atoms with Gasteiger partial charge in [-0.15, -0.1) is 6.42 Å². The smallest absolute Gasteiger partial charge is 0.0284 e. The van der Waals surface area contributed by atoms with Crippen molar-refractivity contribution in [1.29, 1.82) is 0 Å². The molecule has 1 aliphatic carbocycles. The molecule has 1 heteroatoms. The molecule has 1 aromatic carbocycles. The minimum atomic E-state index is 0.310. The van der Waals surface area contributed by atoms with E-state index in [1.54, 1.807) is 0 Å². The minimum absolute atomic E-state index is 0.310. The van der Waals surface area contributed by atoms with Crippen molar-refractivity contribution in [3.05, 3.63) is 34.9 Å². The lowest BCUT2D eigenvalue weighted by Gasteiger charge is -2.36. The number of hydrogen-bond donors (Lipinski definition) is 0. The molecule has 21 heavy (non-hydrogen) atoms. The summed E-state index contributed by atoms with van der Waals surface area (Å²) in [5.74, 6) is 2.73. The van der Waals surface area contributed by atoms with Crippen molar-refractivity contribution in [3.63, 3.8) is 0 Å². The van der Waals surface area contributed by atoms with E-state index < -0.39 is 0 Å². The summed E-state index contributed by atoms with van der Waals surface area (Å²) >= 11 is 0. The van der Waals surface area contributed by atoms with Gasteiger partial charge in [-0.05, 0) is 56.6 Å². The Hall–Kier alpha value is -1.26. The third kappa shape index (κ3) is 4.61. The van der Waals surface area contributed by atoms with Gasteiger partial charge < -0.3 is 4.90 Å². The normalized spacial score (nSPS) is 18.8. The molecular weight excluding hydrogens is 254 g/mol. The predicted octanol–water partition coefficient (Wildman–Crippen LogP) is 4.92. The Morgan fingerprint density at radius 1 is 1.10 bits per heavy atom. The molecule has 1 atom stereocenters. The van der Waals surface area contributed by atoms with Crippen molar-refractivity contribution < 1.29 is 0 Å². The average Bonchev–Trinajstić information content (AvgIpc) is 2.90.